The van der Waals surface area contributed by atoms with E-state index >= 15 is 0 Å². The number of hydrogen-bond donors (Lipinski definition) is 3. The summed E-state index contributed by atoms with van der Waals surface area (Å²) in [6, 6.07) is 3.99. The number of hydrogen-bond acceptors (Lipinski definition) is 10. The largest absolute Gasteiger partial charge is 1.00 e. The number of carbonyl (C=O) groups is 4. The van der Waals surface area contributed by atoms with Crippen molar-refractivity contribution in [3.05, 3.63) is 30.2 Å². The maximum atomic E-state index is 11.2. The fourth-order valence-corrected chi connectivity index (χ4v) is 2.70. The quantitative estimate of drug-likeness (QED) is 0.188. The van der Waals surface area contributed by atoms with Gasteiger partial charge in [-0.25, -0.2) is 9.78 Å². The van der Waals surface area contributed by atoms with Crippen molar-refractivity contribution in [2.45, 2.75) is 0 Å². The van der Waals surface area contributed by atoms with Crippen LogP contribution >= 0.6 is 0 Å². The molecule has 2 heterocycles. The average molecular weight is 590 g/mol. The van der Waals surface area contributed by atoms with Gasteiger partial charge in [0.2, 0.25) is 0 Å². The van der Waals surface area contributed by atoms with Crippen LogP contribution in [-0.4, -0.2) is 63.9 Å². The van der Waals surface area contributed by atoms with Gasteiger partial charge in [0.25, 0.3) is 5.89 Å². The number of furan rings is 1. The standard InChI is InChI=1S/C18H14N2O11.4K/c21-14(22)5-20(6-15(23)24)9-3-10-8(1-11(9)29-7-16(25)26)2-12(30-10)17-19-4-13(31-17)18(27)28;;;;/h1-4H,5-7H2,(H,21,22)(H,23,24)(H,25,26)(H,27,28);;;;/q;4*+1/p-1. The van der Waals surface area contributed by atoms with Crippen LogP contribution in [0.25, 0.3) is 22.6 Å². The molecular formula is C18H13K4N2O11+3. The molecule has 0 saturated heterocycles. The second kappa shape index (κ2) is 18.4. The molecule has 0 saturated carbocycles. The number of carboxylic acid groups (broad SMARTS) is 4. The molecule has 3 aromatic rings. The van der Waals surface area contributed by atoms with Gasteiger partial charge in [0.1, 0.15) is 30.4 Å². The first-order valence-corrected chi connectivity index (χ1v) is 8.42. The molecule has 0 fully saturated rings. The van der Waals surface area contributed by atoms with Gasteiger partial charge in [-0.1, -0.05) is 0 Å². The summed E-state index contributed by atoms with van der Waals surface area (Å²) >= 11 is 0. The maximum absolute atomic E-state index is 11.2. The number of ether oxygens (including phenoxy) is 1. The predicted molar refractivity (Wildman–Crippen MR) is 96.7 cm³/mol. The van der Waals surface area contributed by atoms with Crippen LogP contribution < -0.4 is 220 Å². The zero-order valence-corrected chi connectivity index (χ0v) is 31.9. The minimum atomic E-state index is -1.58. The molecule has 162 valence electrons. The second-order valence-corrected chi connectivity index (χ2v) is 6.11. The van der Waals surface area contributed by atoms with Crippen LogP contribution in [-0.2, 0) is 14.4 Å². The van der Waals surface area contributed by atoms with E-state index in [1.807, 2.05) is 0 Å². The molecule has 0 bridgehead atoms. The van der Waals surface area contributed by atoms with Crippen LogP contribution in [0.15, 0.2) is 33.2 Å². The monoisotopic (exact) mass is 589 g/mol. The molecule has 13 nitrogen and oxygen atoms in total. The Bertz CT molecular complexity index is 1180. The third-order valence-corrected chi connectivity index (χ3v) is 3.86. The van der Waals surface area contributed by atoms with Crippen LogP contribution in [0.1, 0.15) is 10.6 Å². The number of aromatic nitrogens is 1. The summed E-state index contributed by atoms with van der Waals surface area (Å²) in [5, 5.41) is 38.3. The van der Waals surface area contributed by atoms with Gasteiger partial charge in [0.05, 0.1) is 11.9 Å². The molecular weight excluding hydrogens is 577 g/mol. The van der Waals surface area contributed by atoms with Crippen molar-refractivity contribution in [3.8, 4) is 17.4 Å². The number of aliphatic carboxylic acids is 3. The van der Waals surface area contributed by atoms with Crippen LogP contribution in [0.4, 0.5) is 5.69 Å². The minimum absolute atomic E-state index is 0. The summed E-state index contributed by atoms with van der Waals surface area (Å²) in [5.74, 6) is -6.37. The smallest absolute Gasteiger partial charge is 0.541 e. The summed E-state index contributed by atoms with van der Waals surface area (Å²) in [6.07, 6.45) is 0.923. The topological polar surface area (TPSA) is 204 Å². The summed E-state index contributed by atoms with van der Waals surface area (Å²) in [7, 11) is 0. The van der Waals surface area contributed by atoms with Crippen molar-refractivity contribution in [2.24, 2.45) is 0 Å². The summed E-state index contributed by atoms with van der Waals surface area (Å²) in [6.45, 7) is -2.21. The maximum Gasteiger partial charge on any atom is 1.00 e. The van der Waals surface area contributed by atoms with E-state index in [0.29, 0.717) is 5.39 Å². The van der Waals surface area contributed by atoms with Crippen molar-refractivity contribution in [1.82, 2.24) is 4.98 Å². The molecule has 0 aliphatic rings. The Morgan fingerprint density at radius 3 is 2.00 bits per heavy atom. The van der Waals surface area contributed by atoms with Crippen molar-refractivity contribution in [3.63, 3.8) is 0 Å². The third kappa shape index (κ3) is 11.6. The van der Waals surface area contributed by atoms with Crippen molar-refractivity contribution in [2.75, 3.05) is 24.6 Å². The number of rotatable bonds is 10. The van der Waals surface area contributed by atoms with Crippen LogP contribution in [0.3, 0.4) is 0 Å². The first-order chi connectivity index (χ1) is 14.6. The van der Waals surface area contributed by atoms with Gasteiger partial charge in [0.15, 0.2) is 18.1 Å². The van der Waals surface area contributed by atoms with E-state index in [1.165, 1.54) is 18.2 Å². The van der Waals surface area contributed by atoms with Gasteiger partial charge in [-0.15, -0.1) is 0 Å². The molecule has 0 aliphatic heterocycles. The first-order valence-electron chi connectivity index (χ1n) is 8.42. The van der Waals surface area contributed by atoms with E-state index in [0.717, 1.165) is 11.1 Å². The second-order valence-electron chi connectivity index (χ2n) is 6.11. The predicted octanol–water partition coefficient (Wildman–Crippen LogP) is -12.1. The van der Waals surface area contributed by atoms with Crippen molar-refractivity contribution in [1.29, 1.82) is 0 Å². The van der Waals surface area contributed by atoms with Crippen LogP contribution in [0.2, 0.25) is 0 Å². The fourth-order valence-electron chi connectivity index (χ4n) is 2.70. The Hall–Kier alpha value is 2.00. The molecule has 0 radical (unpaired) electrons. The molecule has 0 unspecified atom stereocenters. The minimum Gasteiger partial charge on any atom is -0.541 e. The van der Waals surface area contributed by atoms with E-state index in [1.54, 1.807) is 0 Å². The van der Waals surface area contributed by atoms with Gasteiger partial charge >= 0.3 is 223 Å². The molecule has 0 amide bonds. The number of anilines is 1. The number of nitrogens with zero attached hydrogens (tertiary/aromatic N) is 2. The molecule has 2 aromatic heterocycles. The Morgan fingerprint density at radius 1 is 0.914 bits per heavy atom. The first kappa shape index (κ1) is 39.1. The molecule has 0 aliphatic carbocycles. The SMILES string of the molecule is O=C(O)COc1cc2cc(-c3ncc(C(=O)[O-])o3)oc2cc1N(CC(=O)O)CC(=O)O.[K+].[K+].[K+].[K+]. The summed E-state index contributed by atoms with van der Waals surface area (Å²) in [5.41, 5.74) is 0.0870. The molecule has 3 rings (SSSR count). The molecule has 1 aromatic carbocycles. The molecule has 0 atom stereocenters. The van der Waals surface area contributed by atoms with Gasteiger partial charge in [-0.2, -0.15) is 0 Å². The van der Waals surface area contributed by atoms with Crippen molar-refractivity contribution < 1.29 is 259 Å². The third-order valence-electron chi connectivity index (χ3n) is 3.86. The van der Waals surface area contributed by atoms with Gasteiger partial charge in [-0.3, -0.25) is 9.59 Å². The van der Waals surface area contributed by atoms with Crippen molar-refractivity contribution >= 4 is 40.5 Å². The number of carboxylic acids is 4. The van der Waals surface area contributed by atoms with E-state index in [9.17, 15) is 24.3 Å². The Kier molecular flexibility index (Phi) is 20.5. The zero-order chi connectivity index (χ0) is 22.7. The molecule has 3 N–H and O–H groups in total. The van der Waals surface area contributed by atoms with Crippen LogP contribution in [0.5, 0.6) is 5.75 Å². The number of aromatic carboxylic acids is 1. The Labute approximate surface area is 367 Å². The number of carbonyl (C=O) groups excluding carboxylic acids is 1. The molecule has 0 spiro atoms. The summed E-state index contributed by atoms with van der Waals surface area (Å²) in [4.78, 5) is 48.8. The Morgan fingerprint density at radius 2 is 1.51 bits per heavy atom. The molecule has 35 heavy (non-hydrogen) atoms. The van der Waals surface area contributed by atoms with Gasteiger partial charge in [0, 0.05) is 11.5 Å². The molecule has 17 heteroatoms. The van der Waals surface area contributed by atoms with Crippen LogP contribution in [0, 0.1) is 0 Å². The Balaban J connectivity index is 0. The summed E-state index contributed by atoms with van der Waals surface area (Å²) < 4.78 is 15.8. The van der Waals surface area contributed by atoms with E-state index in [2.05, 4.69) is 4.98 Å². The van der Waals surface area contributed by atoms with E-state index in [-0.39, 0.29) is 234 Å². The number of benzene rings is 1. The van der Waals surface area contributed by atoms with Gasteiger partial charge < -0.3 is 43.7 Å². The number of fused-ring (bicyclic) bond motifs is 1. The van der Waals surface area contributed by atoms with Gasteiger partial charge in [-0.05, 0) is 12.1 Å². The fraction of sp³-hybridized carbons (Fsp3) is 0.167. The number of oxazole rings is 1. The van der Waals surface area contributed by atoms with E-state index in [4.69, 9.17) is 28.9 Å². The zero-order valence-electron chi connectivity index (χ0n) is 19.4. The normalized spacial score (nSPS) is 9.49. The average Bonchev–Trinajstić information content (AvgIpc) is 3.30. The van der Waals surface area contributed by atoms with E-state index < -0.39 is 49.3 Å².